The summed E-state index contributed by atoms with van der Waals surface area (Å²) in [6.07, 6.45) is 0.130. The highest BCUT2D eigenvalue weighted by atomic mass is 35.5. The minimum absolute atomic E-state index is 0.0688. The summed E-state index contributed by atoms with van der Waals surface area (Å²) in [5.41, 5.74) is 1.23. The molecular weight excluding hydrogens is 366 g/mol. The van der Waals surface area contributed by atoms with E-state index >= 15 is 0 Å². The average molecular weight is 381 g/mol. The van der Waals surface area contributed by atoms with Crippen LogP contribution in [0.25, 0.3) is 0 Å². The summed E-state index contributed by atoms with van der Waals surface area (Å²) >= 11 is 11.8. The highest BCUT2D eigenvalue weighted by Crippen LogP contribution is 2.25. The minimum Gasteiger partial charge on any atom is -0.337 e. The van der Waals surface area contributed by atoms with Gasteiger partial charge in [0.25, 0.3) is 0 Å². The topological polar surface area (TPSA) is 49.4 Å². The van der Waals surface area contributed by atoms with Crippen molar-refractivity contribution in [1.82, 2.24) is 4.90 Å². The zero-order chi connectivity index (χ0) is 18.0. The standard InChI is InChI=1S/C18H15Cl2FN2O2/c19-14-4-2-1-3-11(14)9-23-10-12(7-17(23)24)18(25)22-13-5-6-16(21)15(20)8-13/h1-6,8,12H,7,9-10H2,(H,22,25)/t12-/m1/s1. The lowest BCUT2D eigenvalue weighted by atomic mass is 10.1. The Morgan fingerprint density at radius 1 is 1.20 bits per heavy atom. The van der Waals surface area contributed by atoms with Gasteiger partial charge in [0.2, 0.25) is 11.8 Å². The lowest BCUT2D eigenvalue weighted by molar-refractivity contribution is -0.128. The summed E-state index contributed by atoms with van der Waals surface area (Å²) in [6, 6.07) is 11.2. The van der Waals surface area contributed by atoms with Crippen molar-refractivity contribution in [3.8, 4) is 0 Å². The molecule has 0 bridgehead atoms. The number of hydrogen-bond acceptors (Lipinski definition) is 2. The number of likely N-dealkylation sites (tertiary alicyclic amines) is 1. The number of rotatable bonds is 4. The van der Waals surface area contributed by atoms with Crippen LogP contribution in [0.3, 0.4) is 0 Å². The Hall–Kier alpha value is -2.11. The SMILES string of the molecule is O=C(Nc1ccc(F)c(Cl)c1)[C@@H]1CC(=O)N(Cc2ccccc2Cl)C1. The van der Waals surface area contributed by atoms with Gasteiger partial charge < -0.3 is 10.2 Å². The van der Waals surface area contributed by atoms with Gasteiger partial charge in [-0.3, -0.25) is 9.59 Å². The smallest absolute Gasteiger partial charge is 0.229 e. The Bertz CT molecular complexity index is 828. The van der Waals surface area contributed by atoms with Crippen LogP contribution in [-0.4, -0.2) is 23.3 Å². The molecule has 1 atom stereocenters. The normalized spacial score (nSPS) is 17.0. The molecule has 1 saturated heterocycles. The maximum absolute atomic E-state index is 13.2. The zero-order valence-corrected chi connectivity index (χ0v) is 14.6. The van der Waals surface area contributed by atoms with E-state index in [0.29, 0.717) is 23.8 Å². The number of carbonyl (C=O) groups excluding carboxylic acids is 2. The quantitative estimate of drug-likeness (QED) is 0.866. The summed E-state index contributed by atoms with van der Waals surface area (Å²) in [5.74, 6) is -1.42. The van der Waals surface area contributed by atoms with Crippen molar-refractivity contribution < 1.29 is 14.0 Å². The minimum atomic E-state index is -0.554. The largest absolute Gasteiger partial charge is 0.337 e. The van der Waals surface area contributed by atoms with Gasteiger partial charge in [0.1, 0.15) is 5.82 Å². The third-order valence-electron chi connectivity index (χ3n) is 4.09. The molecule has 7 heteroatoms. The Labute approximate surface area is 154 Å². The maximum Gasteiger partial charge on any atom is 0.229 e. The molecule has 0 spiro atoms. The molecule has 1 aliphatic heterocycles. The first kappa shape index (κ1) is 17.7. The fourth-order valence-corrected chi connectivity index (χ4v) is 3.13. The fourth-order valence-electron chi connectivity index (χ4n) is 2.75. The van der Waals surface area contributed by atoms with Crippen LogP contribution in [0.2, 0.25) is 10.0 Å². The predicted molar refractivity (Wildman–Crippen MR) is 95.0 cm³/mol. The first-order valence-electron chi connectivity index (χ1n) is 7.71. The molecular formula is C18H15Cl2FN2O2. The van der Waals surface area contributed by atoms with Crippen LogP contribution in [0, 0.1) is 11.7 Å². The molecule has 0 saturated carbocycles. The van der Waals surface area contributed by atoms with Gasteiger partial charge in [0, 0.05) is 30.2 Å². The second kappa shape index (κ2) is 7.42. The molecule has 0 aromatic heterocycles. The van der Waals surface area contributed by atoms with Crippen molar-refractivity contribution >= 4 is 40.7 Å². The number of amides is 2. The number of hydrogen-bond donors (Lipinski definition) is 1. The van der Waals surface area contributed by atoms with E-state index in [1.54, 1.807) is 11.0 Å². The number of nitrogens with one attached hydrogen (secondary N) is 1. The van der Waals surface area contributed by atoms with Crippen molar-refractivity contribution in [2.24, 2.45) is 5.92 Å². The molecule has 130 valence electrons. The highest BCUT2D eigenvalue weighted by molar-refractivity contribution is 6.31. The van der Waals surface area contributed by atoms with E-state index in [0.717, 1.165) is 5.56 Å². The van der Waals surface area contributed by atoms with Gasteiger partial charge in [-0.05, 0) is 29.8 Å². The molecule has 0 unspecified atom stereocenters. The van der Waals surface area contributed by atoms with E-state index in [1.165, 1.54) is 18.2 Å². The second-order valence-electron chi connectivity index (χ2n) is 5.88. The summed E-state index contributed by atoms with van der Waals surface area (Å²) in [4.78, 5) is 26.2. The van der Waals surface area contributed by atoms with Crippen molar-refractivity contribution in [2.75, 3.05) is 11.9 Å². The van der Waals surface area contributed by atoms with Gasteiger partial charge in [-0.25, -0.2) is 4.39 Å². The van der Waals surface area contributed by atoms with Gasteiger partial charge >= 0.3 is 0 Å². The Morgan fingerprint density at radius 2 is 1.96 bits per heavy atom. The van der Waals surface area contributed by atoms with E-state index in [1.807, 2.05) is 18.2 Å². The molecule has 0 aliphatic carbocycles. The molecule has 1 fully saturated rings. The number of carbonyl (C=O) groups is 2. The second-order valence-corrected chi connectivity index (χ2v) is 6.70. The van der Waals surface area contributed by atoms with E-state index in [-0.39, 0.29) is 23.3 Å². The Kier molecular flexibility index (Phi) is 5.25. The van der Waals surface area contributed by atoms with E-state index in [9.17, 15) is 14.0 Å². The van der Waals surface area contributed by atoms with Crippen molar-refractivity contribution in [3.63, 3.8) is 0 Å². The van der Waals surface area contributed by atoms with Crippen LogP contribution in [0.5, 0.6) is 0 Å². The Morgan fingerprint density at radius 3 is 2.68 bits per heavy atom. The number of benzene rings is 2. The lowest BCUT2D eigenvalue weighted by Gasteiger charge is -2.17. The third-order valence-corrected chi connectivity index (χ3v) is 4.75. The first-order chi connectivity index (χ1) is 11.9. The molecule has 4 nitrogen and oxygen atoms in total. The Balaban J connectivity index is 1.64. The van der Waals surface area contributed by atoms with Crippen LogP contribution in [0.1, 0.15) is 12.0 Å². The zero-order valence-electron chi connectivity index (χ0n) is 13.1. The molecule has 2 aromatic rings. The lowest BCUT2D eigenvalue weighted by Crippen LogP contribution is -2.28. The number of nitrogens with zero attached hydrogens (tertiary/aromatic N) is 1. The van der Waals surface area contributed by atoms with Gasteiger partial charge in [0.05, 0.1) is 10.9 Å². The van der Waals surface area contributed by atoms with Crippen molar-refractivity contribution in [3.05, 3.63) is 63.9 Å². The van der Waals surface area contributed by atoms with Crippen molar-refractivity contribution in [1.29, 1.82) is 0 Å². The molecule has 3 rings (SSSR count). The molecule has 2 amide bonds. The van der Waals surface area contributed by atoms with Gasteiger partial charge in [-0.1, -0.05) is 41.4 Å². The monoisotopic (exact) mass is 380 g/mol. The van der Waals surface area contributed by atoms with Crippen LogP contribution < -0.4 is 5.32 Å². The molecule has 25 heavy (non-hydrogen) atoms. The van der Waals surface area contributed by atoms with E-state index in [2.05, 4.69) is 5.32 Å². The van der Waals surface area contributed by atoms with Crippen LogP contribution in [0.4, 0.5) is 10.1 Å². The summed E-state index contributed by atoms with van der Waals surface area (Å²) in [6.45, 7) is 0.676. The van der Waals surface area contributed by atoms with Crippen molar-refractivity contribution in [2.45, 2.75) is 13.0 Å². The summed E-state index contributed by atoms with van der Waals surface area (Å²) in [5, 5.41) is 3.19. The average Bonchev–Trinajstić information content (AvgIpc) is 2.94. The molecule has 0 radical (unpaired) electrons. The van der Waals surface area contributed by atoms with Gasteiger partial charge in [0.15, 0.2) is 0 Å². The number of anilines is 1. The van der Waals surface area contributed by atoms with Crippen LogP contribution >= 0.6 is 23.2 Å². The van der Waals surface area contributed by atoms with E-state index in [4.69, 9.17) is 23.2 Å². The summed E-state index contributed by atoms with van der Waals surface area (Å²) < 4.78 is 13.2. The molecule has 1 N–H and O–H groups in total. The van der Waals surface area contributed by atoms with Crippen LogP contribution in [-0.2, 0) is 16.1 Å². The van der Waals surface area contributed by atoms with Gasteiger partial charge in [-0.15, -0.1) is 0 Å². The summed E-state index contributed by atoms with van der Waals surface area (Å²) in [7, 11) is 0. The predicted octanol–water partition coefficient (Wildman–Crippen LogP) is 4.12. The third kappa shape index (κ3) is 4.11. The van der Waals surface area contributed by atoms with E-state index < -0.39 is 11.7 Å². The number of halogens is 3. The fraction of sp³-hybridized carbons (Fsp3) is 0.222. The maximum atomic E-state index is 13.2. The molecule has 1 heterocycles. The van der Waals surface area contributed by atoms with Gasteiger partial charge in [-0.2, -0.15) is 0 Å². The van der Waals surface area contributed by atoms with Crippen LogP contribution in [0.15, 0.2) is 42.5 Å². The highest BCUT2D eigenvalue weighted by Gasteiger charge is 2.34. The molecule has 2 aromatic carbocycles. The molecule has 1 aliphatic rings. The first-order valence-corrected chi connectivity index (χ1v) is 8.46.